The number of halogens is 4. The maximum Gasteiger partial charge on any atom is 0.416 e. The summed E-state index contributed by atoms with van der Waals surface area (Å²) in [4.78, 5) is 12.4. The number of hydrogen-bond donors (Lipinski definition) is 2. The molecule has 0 spiro atoms. The molecular weight excluding hydrogens is 355 g/mol. The number of amides is 1. The van der Waals surface area contributed by atoms with Crippen LogP contribution in [0.3, 0.4) is 0 Å². The molecule has 2 N–H and O–H groups in total. The summed E-state index contributed by atoms with van der Waals surface area (Å²) in [6.45, 7) is 5.86. The summed E-state index contributed by atoms with van der Waals surface area (Å²) < 4.78 is 38.0. The highest BCUT2D eigenvalue weighted by atomic mass is 35.5. The molecule has 0 radical (unpaired) electrons. The highest BCUT2D eigenvalue weighted by Crippen LogP contribution is 2.34. The summed E-state index contributed by atoms with van der Waals surface area (Å²) in [5.41, 5.74) is -0.278. The van der Waals surface area contributed by atoms with Gasteiger partial charge in [-0.25, -0.2) is 0 Å². The number of anilines is 1. The Hall–Kier alpha value is -2.21. The van der Waals surface area contributed by atoms with E-state index in [1.54, 1.807) is 12.1 Å². The molecule has 2 aromatic rings. The van der Waals surface area contributed by atoms with Crippen molar-refractivity contribution in [2.75, 3.05) is 5.32 Å². The molecule has 0 saturated heterocycles. The third-order valence-corrected chi connectivity index (χ3v) is 3.96. The lowest BCUT2D eigenvalue weighted by atomic mass is 9.86. The molecular formula is C18H17ClF3NO2. The second kappa shape index (κ2) is 6.59. The molecule has 134 valence electrons. The number of alkyl halides is 3. The lowest BCUT2D eigenvalue weighted by molar-refractivity contribution is -0.137. The van der Waals surface area contributed by atoms with Crippen LogP contribution in [0, 0.1) is 0 Å². The summed E-state index contributed by atoms with van der Waals surface area (Å²) in [6, 6.07) is 7.30. The molecule has 0 aromatic heterocycles. The lowest BCUT2D eigenvalue weighted by Gasteiger charge is -2.20. The van der Waals surface area contributed by atoms with Crippen molar-refractivity contribution in [2.45, 2.75) is 32.4 Å². The summed E-state index contributed by atoms with van der Waals surface area (Å²) in [6.07, 6.45) is -4.52. The minimum absolute atomic E-state index is 0.0170. The highest BCUT2D eigenvalue weighted by Gasteiger charge is 2.31. The van der Waals surface area contributed by atoms with Gasteiger partial charge in [0.15, 0.2) is 0 Å². The topological polar surface area (TPSA) is 49.3 Å². The van der Waals surface area contributed by atoms with Gasteiger partial charge in [-0.15, -0.1) is 0 Å². The maximum atomic E-state index is 12.7. The van der Waals surface area contributed by atoms with Crippen molar-refractivity contribution in [3.05, 3.63) is 58.1 Å². The van der Waals surface area contributed by atoms with E-state index in [4.69, 9.17) is 11.6 Å². The molecule has 0 aliphatic heterocycles. The normalized spacial score (nSPS) is 12.1. The second-order valence-electron chi connectivity index (χ2n) is 6.63. The molecule has 0 unspecified atom stereocenters. The van der Waals surface area contributed by atoms with E-state index in [-0.39, 0.29) is 27.4 Å². The van der Waals surface area contributed by atoms with Crippen LogP contribution < -0.4 is 5.32 Å². The largest absolute Gasteiger partial charge is 0.507 e. The average Bonchev–Trinajstić information content (AvgIpc) is 2.47. The van der Waals surface area contributed by atoms with Gasteiger partial charge in [0, 0.05) is 0 Å². The number of rotatable bonds is 2. The maximum absolute atomic E-state index is 12.7. The molecule has 0 heterocycles. The Morgan fingerprint density at radius 2 is 1.64 bits per heavy atom. The first-order valence-corrected chi connectivity index (χ1v) is 7.79. The molecule has 25 heavy (non-hydrogen) atoms. The summed E-state index contributed by atoms with van der Waals surface area (Å²) in [5.74, 6) is -0.890. The van der Waals surface area contributed by atoms with Crippen LogP contribution in [0.2, 0.25) is 5.02 Å². The monoisotopic (exact) mass is 371 g/mol. The van der Waals surface area contributed by atoms with Crippen molar-refractivity contribution in [1.29, 1.82) is 0 Å². The van der Waals surface area contributed by atoms with Gasteiger partial charge in [0.25, 0.3) is 5.91 Å². The Bertz CT molecular complexity index is 811. The Labute approximate surface area is 148 Å². The Kier molecular flexibility index (Phi) is 5.04. The predicted octanol–water partition coefficient (Wildman–Crippen LogP) is 5.61. The first-order chi connectivity index (χ1) is 11.4. The molecule has 2 rings (SSSR count). The minimum atomic E-state index is -4.52. The minimum Gasteiger partial charge on any atom is -0.507 e. The van der Waals surface area contributed by atoms with Crippen LogP contribution in [0.25, 0.3) is 0 Å². The van der Waals surface area contributed by atoms with E-state index >= 15 is 0 Å². The number of carbonyl (C=O) groups is 1. The van der Waals surface area contributed by atoms with Gasteiger partial charge in [0.1, 0.15) is 5.75 Å². The number of phenols is 1. The van der Waals surface area contributed by atoms with Crippen LogP contribution >= 0.6 is 11.6 Å². The molecule has 0 aliphatic rings. The van der Waals surface area contributed by atoms with E-state index in [2.05, 4.69) is 5.32 Å². The first kappa shape index (κ1) is 19.1. The van der Waals surface area contributed by atoms with E-state index in [1.165, 1.54) is 6.07 Å². The number of carbonyl (C=O) groups excluding carboxylic acids is 1. The van der Waals surface area contributed by atoms with Gasteiger partial charge in [-0.1, -0.05) is 38.4 Å². The van der Waals surface area contributed by atoms with E-state index < -0.39 is 17.6 Å². The van der Waals surface area contributed by atoms with Gasteiger partial charge in [-0.05, 0) is 41.3 Å². The van der Waals surface area contributed by atoms with Gasteiger partial charge < -0.3 is 10.4 Å². The van der Waals surface area contributed by atoms with Crippen LogP contribution in [-0.4, -0.2) is 11.0 Å². The van der Waals surface area contributed by atoms with Crippen molar-refractivity contribution >= 4 is 23.2 Å². The SMILES string of the molecule is CC(C)(C)c1ccc(O)c(C(=O)Nc2ccc(C(F)(F)F)cc2Cl)c1. The van der Waals surface area contributed by atoms with Crippen molar-refractivity contribution < 1.29 is 23.1 Å². The predicted molar refractivity (Wildman–Crippen MR) is 91.2 cm³/mol. The van der Waals surface area contributed by atoms with Crippen molar-refractivity contribution in [3.8, 4) is 5.75 Å². The van der Waals surface area contributed by atoms with E-state index in [9.17, 15) is 23.1 Å². The zero-order chi connectivity index (χ0) is 19.0. The molecule has 7 heteroatoms. The third kappa shape index (κ3) is 4.45. The first-order valence-electron chi connectivity index (χ1n) is 7.41. The number of aromatic hydroxyl groups is 1. The van der Waals surface area contributed by atoms with Crippen LogP contribution in [0.15, 0.2) is 36.4 Å². The molecule has 0 saturated carbocycles. The summed E-state index contributed by atoms with van der Waals surface area (Å²) in [7, 11) is 0. The molecule has 0 atom stereocenters. The van der Waals surface area contributed by atoms with E-state index in [0.717, 1.165) is 23.8 Å². The fraction of sp³-hybridized carbons (Fsp3) is 0.278. The van der Waals surface area contributed by atoms with Crippen LogP contribution in [0.5, 0.6) is 5.75 Å². The highest BCUT2D eigenvalue weighted by molar-refractivity contribution is 6.34. The van der Waals surface area contributed by atoms with Gasteiger partial charge in [-0.2, -0.15) is 13.2 Å². The quantitative estimate of drug-likeness (QED) is 0.720. The van der Waals surface area contributed by atoms with Crippen molar-refractivity contribution in [1.82, 2.24) is 0 Å². The van der Waals surface area contributed by atoms with Crippen molar-refractivity contribution in [2.24, 2.45) is 0 Å². The number of phenolic OH excluding ortho intramolecular Hbond substituents is 1. The number of nitrogens with one attached hydrogen (secondary N) is 1. The second-order valence-corrected chi connectivity index (χ2v) is 7.04. The third-order valence-electron chi connectivity index (χ3n) is 3.65. The molecule has 3 nitrogen and oxygen atoms in total. The number of hydrogen-bond acceptors (Lipinski definition) is 2. The Balaban J connectivity index is 2.32. The van der Waals surface area contributed by atoms with E-state index in [1.807, 2.05) is 20.8 Å². The zero-order valence-electron chi connectivity index (χ0n) is 13.8. The standard InChI is InChI=1S/C18H17ClF3NO2/c1-17(2,3)10-5-7-15(24)12(8-10)16(25)23-14-6-4-11(9-13(14)19)18(20,21)22/h4-9,24H,1-3H3,(H,23,25). The number of benzene rings is 2. The van der Waals surface area contributed by atoms with Crippen molar-refractivity contribution in [3.63, 3.8) is 0 Å². The van der Waals surface area contributed by atoms with Gasteiger partial charge in [0.05, 0.1) is 21.8 Å². The smallest absolute Gasteiger partial charge is 0.416 e. The van der Waals surface area contributed by atoms with E-state index in [0.29, 0.717) is 0 Å². The molecule has 2 aromatic carbocycles. The average molecular weight is 372 g/mol. The van der Waals surface area contributed by atoms with Gasteiger partial charge in [0.2, 0.25) is 0 Å². The van der Waals surface area contributed by atoms with Crippen LogP contribution in [-0.2, 0) is 11.6 Å². The summed E-state index contributed by atoms with van der Waals surface area (Å²) >= 11 is 5.83. The molecule has 0 aliphatic carbocycles. The Morgan fingerprint density at radius 1 is 1.04 bits per heavy atom. The lowest BCUT2D eigenvalue weighted by Crippen LogP contribution is -2.16. The van der Waals surface area contributed by atoms with Crippen LogP contribution in [0.4, 0.5) is 18.9 Å². The van der Waals surface area contributed by atoms with Crippen LogP contribution in [0.1, 0.15) is 42.3 Å². The van der Waals surface area contributed by atoms with Gasteiger partial charge >= 0.3 is 6.18 Å². The zero-order valence-corrected chi connectivity index (χ0v) is 14.6. The molecule has 0 fully saturated rings. The Morgan fingerprint density at radius 3 is 2.16 bits per heavy atom. The molecule has 1 amide bonds. The molecule has 0 bridgehead atoms. The van der Waals surface area contributed by atoms with Gasteiger partial charge in [-0.3, -0.25) is 4.79 Å². The fourth-order valence-corrected chi connectivity index (χ4v) is 2.39. The fourth-order valence-electron chi connectivity index (χ4n) is 2.17. The summed E-state index contributed by atoms with van der Waals surface area (Å²) in [5, 5.41) is 12.1.